The van der Waals surface area contributed by atoms with E-state index in [2.05, 4.69) is 10.6 Å². The van der Waals surface area contributed by atoms with Gasteiger partial charge in [-0.2, -0.15) is 10.5 Å². The first kappa shape index (κ1) is 10.3. The van der Waals surface area contributed by atoms with Gasteiger partial charge in [-0.1, -0.05) is 24.3 Å². The van der Waals surface area contributed by atoms with Crippen LogP contribution in [0.1, 0.15) is 0 Å². The van der Waals surface area contributed by atoms with Gasteiger partial charge >= 0.3 is 0 Å². The summed E-state index contributed by atoms with van der Waals surface area (Å²) < 4.78 is 0. The van der Waals surface area contributed by atoms with Gasteiger partial charge in [0.1, 0.15) is 11.7 Å². The summed E-state index contributed by atoms with van der Waals surface area (Å²) in [6, 6.07) is 3.99. The van der Waals surface area contributed by atoms with E-state index in [4.69, 9.17) is 10.5 Å². The molecule has 0 bridgehead atoms. The summed E-state index contributed by atoms with van der Waals surface area (Å²) in [5, 5.41) is 24.0. The van der Waals surface area contributed by atoms with E-state index < -0.39 is 5.92 Å². The van der Waals surface area contributed by atoms with Crippen LogP contribution in [0.5, 0.6) is 0 Å². The highest BCUT2D eigenvalue weighted by Crippen LogP contribution is 2.21. The number of hydrogen-bond acceptors (Lipinski definition) is 4. The highest BCUT2D eigenvalue weighted by Gasteiger charge is 2.18. The van der Waals surface area contributed by atoms with Crippen LogP contribution in [0.4, 0.5) is 0 Å². The second-order valence-electron chi connectivity index (χ2n) is 3.72. The minimum atomic E-state index is -0.594. The van der Waals surface area contributed by atoms with Gasteiger partial charge in [0.15, 0.2) is 0 Å². The lowest BCUT2D eigenvalue weighted by Gasteiger charge is -2.13. The average molecular weight is 212 g/mol. The molecular weight excluding hydrogens is 200 g/mol. The molecule has 1 saturated heterocycles. The van der Waals surface area contributed by atoms with Gasteiger partial charge in [0.05, 0.1) is 12.1 Å². The molecule has 0 saturated carbocycles. The van der Waals surface area contributed by atoms with E-state index >= 15 is 0 Å². The fraction of sp³-hybridized carbons (Fsp3) is 0.333. The monoisotopic (exact) mass is 212 g/mol. The Hall–Kier alpha value is -2.20. The third kappa shape index (κ3) is 1.92. The van der Waals surface area contributed by atoms with E-state index in [1.165, 1.54) is 0 Å². The quantitative estimate of drug-likeness (QED) is 0.674. The number of allylic oxidation sites excluding steroid dienone is 5. The summed E-state index contributed by atoms with van der Waals surface area (Å²) >= 11 is 0. The summed E-state index contributed by atoms with van der Waals surface area (Å²) in [6.45, 7) is 1.87. The summed E-state index contributed by atoms with van der Waals surface area (Å²) in [6.07, 6.45) is 7.71. The summed E-state index contributed by atoms with van der Waals surface area (Å²) in [4.78, 5) is 0. The Morgan fingerprint density at radius 3 is 2.19 bits per heavy atom. The van der Waals surface area contributed by atoms with Gasteiger partial charge in [0.25, 0.3) is 0 Å². The molecule has 1 fully saturated rings. The molecule has 80 valence electrons. The predicted molar refractivity (Wildman–Crippen MR) is 59.5 cm³/mol. The Kier molecular flexibility index (Phi) is 2.93. The lowest BCUT2D eigenvalue weighted by atomic mass is 9.90. The van der Waals surface area contributed by atoms with Crippen molar-refractivity contribution in [3.63, 3.8) is 0 Å². The first-order valence-electron chi connectivity index (χ1n) is 5.23. The smallest absolute Gasteiger partial charge is 0.143 e. The van der Waals surface area contributed by atoms with Crippen LogP contribution in [-0.4, -0.2) is 13.1 Å². The second kappa shape index (κ2) is 4.55. The van der Waals surface area contributed by atoms with Crippen molar-refractivity contribution in [2.45, 2.75) is 0 Å². The minimum Gasteiger partial charge on any atom is -0.370 e. The van der Waals surface area contributed by atoms with E-state index in [1.807, 2.05) is 36.4 Å². The molecule has 0 amide bonds. The van der Waals surface area contributed by atoms with Gasteiger partial charge in [0, 0.05) is 24.6 Å². The molecule has 2 N–H and O–H groups in total. The van der Waals surface area contributed by atoms with Crippen molar-refractivity contribution >= 4 is 0 Å². The SMILES string of the molecule is N#CC(C#N)C1C=CC(=C2NCCN2)C=C1. The molecule has 16 heavy (non-hydrogen) atoms. The Morgan fingerprint density at radius 1 is 1.12 bits per heavy atom. The molecule has 0 atom stereocenters. The molecule has 2 rings (SSSR count). The molecule has 0 aromatic rings. The Bertz CT molecular complexity index is 407. The average Bonchev–Trinajstić information content (AvgIpc) is 2.85. The van der Waals surface area contributed by atoms with Crippen molar-refractivity contribution in [2.75, 3.05) is 13.1 Å². The molecule has 4 heteroatoms. The van der Waals surface area contributed by atoms with Gasteiger partial charge < -0.3 is 10.6 Å². The Balaban J connectivity index is 2.12. The van der Waals surface area contributed by atoms with Crippen LogP contribution in [-0.2, 0) is 0 Å². The topological polar surface area (TPSA) is 71.6 Å². The summed E-state index contributed by atoms with van der Waals surface area (Å²) in [5.41, 5.74) is 1.07. The molecule has 1 heterocycles. The molecule has 0 aromatic carbocycles. The number of nitriles is 2. The molecular formula is C12H12N4. The van der Waals surface area contributed by atoms with Crippen molar-refractivity contribution in [1.82, 2.24) is 10.6 Å². The standard InChI is InChI=1S/C12H12N4/c13-7-11(8-14)9-1-3-10(4-2-9)12-15-5-6-16-12/h1-4,9,11,15-16H,5-6H2. The van der Waals surface area contributed by atoms with Crippen molar-refractivity contribution in [3.8, 4) is 12.1 Å². The van der Waals surface area contributed by atoms with Gasteiger partial charge in [0.2, 0.25) is 0 Å². The Morgan fingerprint density at radius 2 is 1.69 bits per heavy atom. The molecule has 1 aliphatic heterocycles. The lowest BCUT2D eigenvalue weighted by Crippen LogP contribution is -2.14. The lowest BCUT2D eigenvalue weighted by molar-refractivity contribution is 0.695. The van der Waals surface area contributed by atoms with Crippen molar-refractivity contribution in [1.29, 1.82) is 10.5 Å². The van der Waals surface area contributed by atoms with Crippen molar-refractivity contribution in [2.24, 2.45) is 11.8 Å². The molecule has 1 aliphatic carbocycles. The zero-order chi connectivity index (χ0) is 11.4. The molecule has 4 nitrogen and oxygen atoms in total. The first-order chi connectivity index (χ1) is 7.85. The summed E-state index contributed by atoms with van der Waals surface area (Å²) in [5.74, 6) is 0.334. The molecule has 2 aliphatic rings. The van der Waals surface area contributed by atoms with Crippen LogP contribution in [0.3, 0.4) is 0 Å². The fourth-order valence-corrected chi connectivity index (χ4v) is 1.78. The normalized spacial score (nSPS) is 22.6. The maximum Gasteiger partial charge on any atom is 0.143 e. The zero-order valence-corrected chi connectivity index (χ0v) is 8.77. The van der Waals surface area contributed by atoms with Crippen LogP contribution in [0.25, 0.3) is 0 Å². The van der Waals surface area contributed by atoms with Crippen molar-refractivity contribution in [3.05, 3.63) is 35.7 Å². The third-order valence-electron chi connectivity index (χ3n) is 2.68. The zero-order valence-electron chi connectivity index (χ0n) is 8.77. The van der Waals surface area contributed by atoms with E-state index in [-0.39, 0.29) is 5.92 Å². The van der Waals surface area contributed by atoms with Crippen LogP contribution in [0, 0.1) is 34.5 Å². The van der Waals surface area contributed by atoms with E-state index in [0.717, 1.165) is 24.5 Å². The molecule has 0 radical (unpaired) electrons. The van der Waals surface area contributed by atoms with E-state index in [1.54, 1.807) is 0 Å². The largest absolute Gasteiger partial charge is 0.370 e. The number of nitrogens with one attached hydrogen (secondary N) is 2. The number of rotatable bonds is 1. The van der Waals surface area contributed by atoms with E-state index in [9.17, 15) is 0 Å². The van der Waals surface area contributed by atoms with E-state index in [0.29, 0.717) is 0 Å². The van der Waals surface area contributed by atoms with Crippen LogP contribution in [0.2, 0.25) is 0 Å². The van der Waals surface area contributed by atoms with Gasteiger partial charge in [-0.25, -0.2) is 0 Å². The van der Waals surface area contributed by atoms with Gasteiger partial charge in [-0.05, 0) is 0 Å². The van der Waals surface area contributed by atoms with Crippen molar-refractivity contribution < 1.29 is 0 Å². The maximum atomic E-state index is 8.78. The van der Waals surface area contributed by atoms with Crippen LogP contribution >= 0.6 is 0 Å². The number of hydrogen-bond donors (Lipinski definition) is 2. The molecule has 0 aromatic heterocycles. The fourth-order valence-electron chi connectivity index (χ4n) is 1.78. The van der Waals surface area contributed by atoms with Crippen LogP contribution < -0.4 is 10.6 Å². The number of nitrogens with zero attached hydrogens (tertiary/aromatic N) is 2. The predicted octanol–water partition coefficient (Wildman–Crippen LogP) is 0.796. The highest BCUT2D eigenvalue weighted by molar-refractivity contribution is 5.40. The van der Waals surface area contributed by atoms with Crippen LogP contribution in [0.15, 0.2) is 35.7 Å². The maximum absolute atomic E-state index is 8.78. The second-order valence-corrected chi connectivity index (χ2v) is 3.72. The highest BCUT2D eigenvalue weighted by atomic mass is 15.2. The third-order valence-corrected chi connectivity index (χ3v) is 2.68. The Labute approximate surface area is 94.6 Å². The molecule has 0 unspecified atom stereocenters. The summed E-state index contributed by atoms with van der Waals surface area (Å²) in [7, 11) is 0. The molecule has 0 spiro atoms. The first-order valence-corrected chi connectivity index (χ1v) is 5.23. The van der Waals surface area contributed by atoms with Gasteiger partial charge in [-0.15, -0.1) is 0 Å². The van der Waals surface area contributed by atoms with Gasteiger partial charge in [-0.3, -0.25) is 0 Å². The minimum absolute atomic E-state index is 0.0965.